The van der Waals surface area contributed by atoms with Crippen molar-refractivity contribution in [3.8, 4) is 5.88 Å². The van der Waals surface area contributed by atoms with E-state index in [4.69, 9.17) is 10.5 Å². The quantitative estimate of drug-likeness (QED) is 0.828. The van der Waals surface area contributed by atoms with Crippen LogP contribution in [0.1, 0.15) is 25.7 Å². The number of ether oxygens (including phenoxy) is 1. The lowest BCUT2D eigenvalue weighted by Crippen LogP contribution is -2.38. The number of methoxy groups -OCH3 is 1. The van der Waals surface area contributed by atoms with Crippen LogP contribution in [0, 0.1) is 0 Å². The van der Waals surface area contributed by atoms with Crippen molar-refractivity contribution in [3.05, 3.63) is 6.33 Å². The minimum absolute atomic E-state index is 0.0782. The van der Waals surface area contributed by atoms with Crippen LogP contribution in [0.25, 0.3) is 0 Å². The largest absolute Gasteiger partial charge is 0.479 e. The number of nitrogens with zero attached hydrogens (tertiary/aromatic N) is 3. The molecule has 0 aromatic carbocycles. The van der Waals surface area contributed by atoms with Crippen molar-refractivity contribution in [2.45, 2.75) is 31.7 Å². The molecule has 1 aliphatic rings. The van der Waals surface area contributed by atoms with Crippen molar-refractivity contribution in [1.82, 2.24) is 9.97 Å². The van der Waals surface area contributed by atoms with Crippen molar-refractivity contribution in [2.24, 2.45) is 0 Å². The Labute approximate surface area is 107 Å². The number of rotatable bonds is 3. The van der Waals surface area contributed by atoms with Crippen LogP contribution in [0.3, 0.4) is 0 Å². The van der Waals surface area contributed by atoms with Gasteiger partial charge in [-0.05, 0) is 12.8 Å². The standard InChI is InChI=1S/C12H20N4O2/c1-18-12-10(13)11(14-8-15-12)16-6-4-2-3-5-9(16)7-17/h8-9,17H,2-7,13H2,1H3. The normalized spacial score (nSPS) is 20.6. The van der Waals surface area contributed by atoms with E-state index in [-0.39, 0.29) is 12.6 Å². The third-order valence-corrected chi connectivity index (χ3v) is 3.38. The predicted molar refractivity (Wildman–Crippen MR) is 69.7 cm³/mol. The molecule has 1 atom stereocenters. The van der Waals surface area contributed by atoms with E-state index in [0.717, 1.165) is 25.8 Å². The first-order valence-corrected chi connectivity index (χ1v) is 6.30. The zero-order valence-electron chi connectivity index (χ0n) is 10.7. The van der Waals surface area contributed by atoms with E-state index in [1.54, 1.807) is 0 Å². The maximum Gasteiger partial charge on any atom is 0.242 e. The van der Waals surface area contributed by atoms with Crippen molar-refractivity contribution < 1.29 is 9.84 Å². The Morgan fingerprint density at radius 1 is 1.44 bits per heavy atom. The van der Waals surface area contributed by atoms with Gasteiger partial charge in [0.2, 0.25) is 5.88 Å². The molecule has 0 aliphatic carbocycles. The summed E-state index contributed by atoms with van der Waals surface area (Å²) in [5.74, 6) is 1.06. The fraction of sp³-hybridized carbons (Fsp3) is 0.667. The van der Waals surface area contributed by atoms with E-state index < -0.39 is 0 Å². The molecule has 2 rings (SSSR count). The number of aromatic nitrogens is 2. The third-order valence-electron chi connectivity index (χ3n) is 3.38. The topological polar surface area (TPSA) is 84.5 Å². The molecule has 1 unspecified atom stereocenters. The fourth-order valence-corrected chi connectivity index (χ4v) is 2.41. The molecule has 100 valence electrons. The number of hydrogen-bond acceptors (Lipinski definition) is 6. The molecule has 0 spiro atoms. The van der Waals surface area contributed by atoms with Crippen LogP contribution in [0.15, 0.2) is 6.33 Å². The van der Waals surface area contributed by atoms with Crippen LogP contribution >= 0.6 is 0 Å². The van der Waals surface area contributed by atoms with Gasteiger partial charge in [0.25, 0.3) is 0 Å². The number of aliphatic hydroxyl groups excluding tert-OH is 1. The van der Waals surface area contributed by atoms with Gasteiger partial charge in [-0.25, -0.2) is 4.98 Å². The lowest BCUT2D eigenvalue weighted by Gasteiger charge is -2.30. The minimum Gasteiger partial charge on any atom is -0.479 e. The summed E-state index contributed by atoms with van der Waals surface area (Å²) in [6.45, 7) is 0.974. The van der Waals surface area contributed by atoms with Crippen molar-refractivity contribution >= 4 is 11.5 Å². The first kappa shape index (κ1) is 12.9. The summed E-state index contributed by atoms with van der Waals surface area (Å²) in [5, 5.41) is 9.51. The van der Waals surface area contributed by atoms with E-state index in [9.17, 15) is 5.11 Å². The predicted octanol–water partition coefficient (Wildman–Crippen LogP) is 0.809. The highest BCUT2D eigenvalue weighted by atomic mass is 16.5. The highest BCUT2D eigenvalue weighted by Gasteiger charge is 2.24. The van der Waals surface area contributed by atoms with Gasteiger partial charge >= 0.3 is 0 Å². The van der Waals surface area contributed by atoms with Crippen LogP contribution < -0.4 is 15.4 Å². The summed E-state index contributed by atoms with van der Waals surface area (Å²) in [6.07, 6.45) is 5.80. The minimum atomic E-state index is 0.0782. The van der Waals surface area contributed by atoms with Crippen LogP contribution in [0.5, 0.6) is 5.88 Å². The number of aliphatic hydroxyl groups is 1. The van der Waals surface area contributed by atoms with Gasteiger partial charge in [0.15, 0.2) is 5.82 Å². The van der Waals surface area contributed by atoms with Crippen molar-refractivity contribution in [3.63, 3.8) is 0 Å². The second-order valence-electron chi connectivity index (χ2n) is 4.50. The number of anilines is 2. The van der Waals surface area contributed by atoms with Crippen LogP contribution in [0.4, 0.5) is 11.5 Å². The first-order valence-electron chi connectivity index (χ1n) is 6.30. The van der Waals surface area contributed by atoms with Gasteiger partial charge in [-0.15, -0.1) is 0 Å². The molecule has 18 heavy (non-hydrogen) atoms. The Morgan fingerprint density at radius 3 is 3.00 bits per heavy atom. The van der Waals surface area contributed by atoms with E-state index in [2.05, 4.69) is 14.9 Å². The van der Waals surface area contributed by atoms with Gasteiger partial charge in [0.05, 0.1) is 19.8 Å². The molecule has 2 heterocycles. The van der Waals surface area contributed by atoms with E-state index >= 15 is 0 Å². The number of nitrogen functional groups attached to an aromatic ring is 1. The van der Waals surface area contributed by atoms with Crippen LogP contribution in [-0.4, -0.2) is 41.4 Å². The summed E-state index contributed by atoms with van der Waals surface area (Å²) >= 11 is 0. The number of nitrogens with two attached hydrogens (primary N) is 1. The maximum absolute atomic E-state index is 9.51. The highest BCUT2D eigenvalue weighted by Crippen LogP contribution is 2.31. The molecule has 1 aliphatic heterocycles. The van der Waals surface area contributed by atoms with E-state index in [1.165, 1.54) is 19.9 Å². The molecule has 1 fully saturated rings. The third kappa shape index (κ3) is 2.48. The summed E-state index contributed by atoms with van der Waals surface area (Å²) in [6, 6.07) is 0.0782. The summed E-state index contributed by atoms with van der Waals surface area (Å²) in [5.41, 5.74) is 6.46. The molecule has 0 bridgehead atoms. The molecular weight excluding hydrogens is 232 g/mol. The van der Waals surface area contributed by atoms with Gasteiger partial charge in [-0.1, -0.05) is 12.8 Å². The number of hydrogen-bond donors (Lipinski definition) is 2. The van der Waals surface area contributed by atoms with Gasteiger partial charge < -0.3 is 20.5 Å². The summed E-state index contributed by atoms with van der Waals surface area (Å²) < 4.78 is 5.11. The average molecular weight is 252 g/mol. The van der Waals surface area contributed by atoms with Crippen LogP contribution in [0.2, 0.25) is 0 Å². The zero-order chi connectivity index (χ0) is 13.0. The summed E-state index contributed by atoms with van der Waals surface area (Å²) in [7, 11) is 1.54. The molecule has 6 heteroatoms. The van der Waals surface area contributed by atoms with Gasteiger partial charge in [0, 0.05) is 6.54 Å². The SMILES string of the molecule is COc1ncnc(N2CCCCCC2CO)c1N. The zero-order valence-corrected chi connectivity index (χ0v) is 10.7. The second-order valence-corrected chi connectivity index (χ2v) is 4.50. The van der Waals surface area contributed by atoms with Crippen LogP contribution in [-0.2, 0) is 0 Å². The summed E-state index contributed by atoms with van der Waals surface area (Å²) in [4.78, 5) is 10.3. The Morgan fingerprint density at radius 2 is 2.28 bits per heavy atom. The monoisotopic (exact) mass is 252 g/mol. The van der Waals surface area contributed by atoms with E-state index in [1.807, 2.05) is 0 Å². The fourth-order valence-electron chi connectivity index (χ4n) is 2.41. The Hall–Kier alpha value is -1.56. The highest BCUT2D eigenvalue weighted by molar-refractivity contribution is 5.68. The lowest BCUT2D eigenvalue weighted by molar-refractivity contribution is 0.254. The molecular formula is C12H20N4O2. The molecule has 0 radical (unpaired) electrons. The second kappa shape index (κ2) is 5.86. The maximum atomic E-state index is 9.51. The molecule has 1 aromatic heterocycles. The molecule has 6 nitrogen and oxygen atoms in total. The van der Waals surface area contributed by atoms with Gasteiger partial charge in [0.1, 0.15) is 12.0 Å². The Kier molecular flexibility index (Phi) is 4.19. The van der Waals surface area contributed by atoms with Crippen molar-refractivity contribution in [2.75, 3.05) is 30.9 Å². The first-order chi connectivity index (χ1) is 8.77. The molecule has 3 N–H and O–H groups in total. The molecule has 0 saturated carbocycles. The lowest BCUT2D eigenvalue weighted by atomic mass is 10.1. The van der Waals surface area contributed by atoms with Crippen molar-refractivity contribution in [1.29, 1.82) is 0 Å². The molecule has 1 saturated heterocycles. The molecule has 1 aromatic rings. The Balaban J connectivity index is 2.32. The van der Waals surface area contributed by atoms with Gasteiger partial charge in [-0.2, -0.15) is 4.98 Å². The smallest absolute Gasteiger partial charge is 0.242 e. The Bertz CT molecular complexity index is 400. The average Bonchev–Trinajstić information content (AvgIpc) is 2.64. The van der Waals surface area contributed by atoms with Gasteiger partial charge in [-0.3, -0.25) is 0 Å². The molecule has 0 amide bonds. The van der Waals surface area contributed by atoms with E-state index in [0.29, 0.717) is 17.4 Å².